The van der Waals surface area contributed by atoms with Gasteiger partial charge in [-0.05, 0) is 24.1 Å². The molecule has 3 rings (SSSR count). The molecule has 2 aromatic heterocycles. The maximum atomic E-state index is 12.8. The maximum absolute atomic E-state index is 12.8. The lowest BCUT2D eigenvalue weighted by molar-refractivity contribution is -0.141. The Morgan fingerprint density at radius 3 is 2.52 bits per heavy atom. The van der Waals surface area contributed by atoms with Crippen molar-refractivity contribution in [3.8, 4) is 0 Å². The second-order valence-electron chi connectivity index (χ2n) is 6.56. The third-order valence-electron chi connectivity index (χ3n) is 4.25. The number of hydrogen-bond acceptors (Lipinski definition) is 4. The van der Waals surface area contributed by atoms with Crippen LogP contribution in [0.4, 0.5) is 13.2 Å². The van der Waals surface area contributed by atoms with Gasteiger partial charge in [0.15, 0.2) is 5.69 Å². The SMILES string of the molecule is CC(Cc1ccc(Cn2ccccc2=O)cc1)OC(=O)c1cn[nH]c1C(F)(F)F. The number of carbonyl (C=O) groups excluding carboxylic acids is 1. The molecule has 0 aliphatic heterocycles. The van der Waals surface area contributed by atoms with E-state index in [1.54, 1.807) is 34.9 Å². The number of carbonyl (C=O) groups is 1. The molecular weight excluding hydrogens is 387 g/mol. The molecule has 6 nitrogen and oxygen atoms in total. The molecule has 1 unspecified atom stereocenters. The van der Waals surface area contributed by atoms with Crippen molar-refractivity contribution in [2.45, 2.75) is 32.2 Å². The van der Waals surface area contributed by atoms with E-state index in [2.05, 4.69) is 5.10 Å². The summed E-state index contributed by atoms with van der Waals surface area (Å²) in [5.74, 6) is -1.08. The first-order chi connectivity index (χ1) is 13.7. The van der Waals surface area contributed by atoms with Gasteiger partial charge in [-0.3, -0.25) is 9.89 Å². The Labute approximate surface area is 163 Å². The third-order valence-corrected chi connectivity index (χ3v) is 4.25. The smallest absolute Gasteiger partial charge is 0.433 e. The number of nitrogens with zero attached hydrogens (tertiary/aromatic N) is 2. The Morgan fingerprint density at radius 2 is 1.86 bits per heavy atom. The molecule has 0 aliphatic rings. The summed E-state index contributed by atoms with van der Waals surface area (Å²) in [5.41, 5.74) is -0.213. The number of H-pyrrole nitrogens is 1. The fourth-order valence-electron chi connectivity index (χ4n) is 2.85. The lowest BCUT2D eigenvalue weighted by atomic mass is 10.1. The number of benzene rings is 1. The van der Waals surface area contributed by atoms with Crippen molar-refractivity contribution < 1.29 is 22.7 Å². The first kappa shape index (κ1) is 20.4. The summed E-state index contributed by atoms with van der Waals surface area (Å²) < 4.78 is 45.2. The Morgan fingerprint density at radius 1 is 1.17 bits per heavy atom. The van der Waals surface area contributed by atoms with Crippen molar-refractivity contribution in [2.24, 2.45) is 0 Å². The van der Waals surface area contributed by atoms with Crippen molar-refractivity contribution in [2.75, 3.05) is 0 Å². The quantitative estimate of drug-likeness (QED) is 0.638. The van der Waals surface area contributed by atoms with Gasteiger partial charge in [-0.25, -0.2) is 4.79 Å². The first-order valence-electron chi connectivity index (χ1n) is 8.79. The van der Waals surface area contributed by atoms with E-state index in [1.165, 1.54) is 6.07 Å². The van der Waals surface area contributed by atoms with Gasteiger partial charge in [-0.15, -0.1) is 0 Å². The van der Waals surface area contributed by atoms with Crippen LogP contribution in [0.2, 0.25) is 0 Å². The topological polar surface area (TPSA) is 77.0 Å². The van der Waals surface area contributed by atoms with Gasteiger partial charge in [0.05, 0.1) is 12.7 Å². The summed E-state index contributed by atoms with van der Waals surface area (Å²) in [4.78, 5) is 23.8. The molecule has 0 spiro atoms. The van der Waals surface area contributed by atoms with Gasteiger partial charge < -0.3 is 9.30 Å². The number of aromatic nitrogens is 3. The highest BCUT2D eigenvalue weighted by molar-refractivity contribution is 5.90. The van der Waals surface area contributed by atoms with Crippen LogP contribution >= 0.6 is 0 Å². The zero-order chi connectivity index (χ0) is 21.0. The Balaban J connectivity index is 1.60. The van der Waals surface area contributed by atoms with Crippen LogP contribution in [-0.2, 0) is 23.9 Å². The Kier molecular flexibility index (Phi) is 5.86. The van der Waals surface area contributed by atoms with E-state index in [9.17, 15) is 22.8 Å². The zero-order valence-corrected chi connectivity index (χ0v) is 15.4. The fraction of sp³-hybridized carbons (Fsp3) is 0.250. The number of hydrogen-bond donors (Lipinski definition) is 1. The molecule has 1 aromatic carbocycles. The number of esters is 1. The molecule has 0 fully saturated rings. The molecule has 0 bridgehead atoms. The summed E-state index contributed by atoms with van der Waals surface area (Å²) in [6.45, 7) is 2.02. The van der Waals surface area contributed by atoms with Crippen LogP contribution < -0.4 is 5.56 Å². The molecule has 3 aromatic rings. The highest BCUT2D eigenvalue weighted by Gasteiger charge is 2.38. The molecule has 9 heteroatoms. The van der Waals surface area contributed by atoms with Crippen LogP contribution in [0.3, 0.4) is 0 Å². The van der Waals surface area contributed by atoms with Crippen LogP contribution in [0.5, 0.6) is 0 Å². The molecular formula is C20H18F3N3O3. The van der Waals surface area contributed by atoms with Gasteiger partial charge in [0.1, 0.15) is 11.7 Å². The van der Waals surface area contributed by atoms with Gasteiger partial charge in [0.2, 0.25) is 0 Å². The minimum Gasteiger partial charge on any atom is -0.459 e. The predicted molar refractivity (Wildman–Crippen MR) is 98.4 cm³/mol. The molecule has 152 valence electrons. The van der Waals surface area contributed by atoms with Crippen LogP contribution in [0.1, 0.15) is 34.1 Å². The van der Waals surface area contributed by atoms with Crippen molar-refractivity contribution in [3.05, 3.63) is 87.6 Å². The third kappa shape index (κ3) is 5.13. The van der Waals surface area contributed by atoms with Gasteiger partial charge >= 0.3 is 12.1 Å². The molecule has 0 saturated carbocycles. The number of aromatic amines is 1. The number of nitrogens with one attached hydrogen (secondary N) is 1. The van der Waals surface area contributed by atoms with E-state index < -0.39 is 29.5 Å². The molecule has 29 heavy (non-hydrogen) atoms. The van der Waals surface area contributed by atoms with Crippen molar-refractivity contribution in [1.29, 1.82) is 0 Å². The highest BCUT2D eigenvalue weighted by atomic mass is 19.4. The van der Waals surface area contributed by atoms with Gasteiger partial charge in [0.25, 0.3) is 5.56 Å². The van der Waals surface area contributed by atoms with E-state index in [4.69, 9.17) is 4.74 Å². The standard InChI is InChI=1S/C20H18F3N3O3/c1-13(29-19(28)16-11-24-25-18(16)20(21,22)23)10-14-5-7-15(8-6-14)12-26-9-3-2-4-17(26)27/h2-9,11,13H,10,12H2,1H3,(H,24,25). The van der Waals surface area contributed by atoms with Gasteiger partial charge in [0, 0.05) is 18.7 Å². The minimum absolute atomic E-state index is 0.102. The summed E-state index contributed by atoms with van der Waals surface area (Å²) >= 11 is 0. The van der Waals surface area contributed by atoms with Crippen molar-refractivity contribution >= 4 is 5.97 Å². The maximum Gasteiger partial charge on any atom is 0.433 e. The fourth-order valence-corrected chi connectivity index (χ4v) is 2.85. The lowest BCUT2D eigenvalue weighted by Crippen LogP contribution is -2.20. The average Bonchev–Trinajstić information content (AvgIpc) is 3.16. The van der Waals surface area contributed by atoms with E-state index in [-0.39, 0.29) is 5.56 Å². The lowest BCUT2D eigenvalue weighted by Gasteiger charge is -2.14. The number of rotatable bonds is 6. The van der Waals surface area contributed by atoms with Gasteiger partial charge in [-0.1, -0.05) is 30.3 Å². The molecule has 0 aliphatic carbocycles. The number of halogens is 3. The number of alkyl halides is 3. The van der Waals surface area contributed by atoms with Crippen LogP contribution in [-0.4, -0.2) is 26.8 Å². The summed E-state index contributed by atoms with van der Waals surface area (Å²) in [6.07, 6.45) is -2.52. The predicted octanol–water partition coefficient (Wildman–Crippen LogP) is 3.43. The van der Waals surface area contributed by atoms with E-state index in [1.807, 2.05) is 24.3 Å². The molecule has 1 atom stereocenters. The molecule has 0 radical (unpaired) electrons. The second kappa shape index (κ2) is 8.34. The van der Waals surface area contributed by atoms with Crippen molar-refractivity contribution in [3.63, 3.8) is 0 Å². The van der Waals surface area contributed by atoms with E-state index >= 15 is 0 Å². The zero-order valence-electron chi connectivity index (χ0n) is 15.4. The number of pyridine rings is 1. The second-order valence-corrected chi connectivity index (χ2v) is 6.56. The molecule has 0 amide bonds. The first-order valence-corrected chi connectivity index (χ1v) is 8.79. The summed E-state index contributed by atoms with van der Waals surface area (Å²) in [7, 11) is 0. The van der Waals surface area contributed by atoms with Crippen LogP contribution in [0.15, 0.2) is 59.7 Å². The largest absolute Gasteiger partial charge is 0.459 e. The van der Waals surface area contributed by atoms with Crippen LogP contribution in [0.25, 0.3) is 0 Å². The highest BCUT2D eigenvalue weighted by Crippen LogP contribution is 2.30. The van der Waals surface area contributed by atoms with E-state index in [0.717, 1.165) is 17.3 Å². The van der Waals surface area contributed by atoms with E-state index in [0.29, 0.717) is 13.0 Å². The van der Waals surface area contributed by atoms with Crippen LogP contribution in [0, 0.1) is 0 Å². The average molecular weight is 405 g/mol. The van der Waals surface area contributed by atoms with Gasteiger partial charge in [-0.2, -0.15) is 18.3 Å². The Hall–Kier alpha value is -3.36. The summed E-state index contributed by atoms with van der Waals surface area (Å²) in [6, 6.07) is 12.3. The Bertz CT molecular complexity index is 1040. The molecule has 2 heterocycles. The minimum atomic E-state index is -4.72. The molecule has 1 N–H and O–H groups in total. The molecule has 0 saturated heterocycles. The monoisotopic (exact) mass is 405 g/mol. The van der Waals surface area contributed by atoms with Crippen molar-refractivity contribution in [1.82, 2.24) is 14.8 Å². The summed E-state index contributed by atoms with van der Waals surface area (Å²) in [5, 5.41) is 5.06. The normalized spacial score (nSPS) is 12.6. The number of ether oxygens (including phenoxy) is 1.